The lowest BCUT2D eigenvalue weighted by Crippen LogP contribution is -2.68. The number of rotatable bonds is 4. The van der Waals surface area contributed by atoms with Crippen molar-refractivity contribution in [1.82, 2.24) is 10.2 Å². The number of nitrogens with zero attached hydrogens (tertiary/aromatic N) is 1. The molecule has 1 aliphatic heterocycles. The number of carbonyl (C=O) groups excluding carboxylic acids is 3. The highest BCUT2D eigenvalue weighted by Crippen LogP contribution is 2.34. The molecule has 4 amide bonds. The Hall–Kier alpha value is -1.39. The Morgan fingerprint density at radius 3 is 1.89 bits per heavy atom. The lowest BCUT2D eigenvalue weighted by Gasteiger charge is -2.46. The van der Waals surface area contributed by atoms with Crippen LogP contribution >= 0.6 is 0 Å². The lowest BCUT2D eigenvalue weighted by atomic mass is 9.82. The minimum Gasteiger partial charge on any atom is -0.277 e. The molecule has 1 heterocycles. The van der Waals surface area contributed by atoms with Crippen LogP contribution < -0.4 is 5.32 Å². The second-order valence-corrected chi connectivity index (χ2v) is 5.31. The monoisotopic (exact) mass is 254 g/mol. The molecular weight excluding hydrogens is 232 g/mol. The van der Waals surface area contributed by atoms with E-state index in [0.717, 1.165) is 0 Å². The van der Waals surface area contributed by atoms with Crippen molar-refractivity contribution in [3.8, 4) is 0 Å². The molecule has 18 heavy (non-hydrogen) atoms. The summed E-state index contributed by atoms with van der Waals surface area (Å²) in [7, 11) is 0. The molecule has 102 valence electrons. The molecule has 5 heteroatoms. The maximum absolute atomic E-state index is 12.4. The number of nitrogens with one attached hydrogen (secondary N) is 1. The van der Waals surface area contributed by atoms with Crippen molar-refractivity contribution in [2.75, 3.05) is 0 Å². The zero-order valence-electron chi connectivity index (χ0n) is 11.8. The molecule has 5 nitrogen and oxygen atoms in total. The molecule has 1 saturated heterocycles. The topological polar surface area (TPSA) is 66.5 Å². The molecule has 0 bridgehead atoms. The molecule has 1 fully saturated rings. The van der Waals surface area contributed by atoms with Gasteiger partial charge in [0.1, 0.15) is 5.41 Å². The van der Waals surface area contributed by atoms with Crippen molar-refractivity contribution in [3.05, 3.63) is 0 Å². The summed E-state index contributed by atoms with van der Waals surface area (Å²) in [4.78, 5) is 37.4. The second kappa shape index (κ2) is 4.71. The molecule has 1 N–H and O–H groups in total. The van der Waals surface area contributed by atoms with E-state index in [9.17, 15) is 14.4 Å². The van der Waals surface area contributed by atoms with Crippen LogP contribution in [0.2, 0.25) is 0 Å². The van der Waals surface area contributed by atoms with Gasteiger partial charge in [-0.1, -0.05) is 20.8 Å². The minimum absolute atomic E-state index is 0.401. The summed E-state index contributed by atoms with van der Waals surface area (Å²) in [5.74, 6) is -0.923. The summed E-state index contributed by atoms with van der Waals surface area (Å²) in [5, 5.41) is 2.29. The van der Waals surface area contributed by atoms with Gasteiger partial charge < -0.3 is 0 Å². The normalized spacial score (nSPS) is 20.1. The first-order valence-corrected chi connectivity index (χ1v) is 6.47. The van der Waals surface area contributed by atoms with Crippen LogP contribution in [0.3, 0.4) is 0 Å². The Kier molecular flexibility index (Phi) is 3.84. The fourth-order valence-corrected chi connectivity index (χ4v) is 2.43. The van der Waals surface area contributed by atoms with E-state index in [0.29, 0.717) is 19.3 Å². The van der Waals surface area contributed by atoms with E-state index in [1.165, 1.54) is 4.90 Å². The van der Waals surface area contributed by atoms with Gasteiger partial charge in [-0.05, 0) is 33.1 Å². The summed E-state index contributed by atoms with van der Waals surface area (Å²) in [5.41, 5.74) is -1.68. The van der Waals surface area contributed by atoms with Crippen LogP contribution in [-0.2, 0) is 9.59 Å². The maximum Gasteiger partial charge on any atom is 0.331 e. The SMILES string of the molecule is CCC(CC)(CC)N1C(=O)NC(=O)C(C)(C)C1=O. The molecule has 0 saturated carbocycles. The molecular formula is C13H22N2O3. The first kappa shape index (κ1) is 14.7. The van der Waals surface area contributed by atoms with Crippen molar-refractivity contribution in [1.29, 1.82) is 0 Å². The van der Waals surface area contributed by atoms with Gasteiger partial charge >= 0.3 is 6.03 Å². The summed E-state index contributed by atoms with van der Waals surface area (Å²) < 4.78 is 0. The van der Waals surface area contributed by atoms with Crippen LogP contribution in [0.1, 0.15) is 53.9 Å². The third-order valence-electron chi connectivity index (χ3n) is 4.18. The van der Waals surface area contributed by atoms with E-state index in [1.807, 2.05) is 20.8 Å². The first-order chi connectivity index (χ1) is 8.26. The highest BCUT2D eigenvalue weighted by molar-refractivity contribution is 6.19. The van der Waals surface area contributed by atoms with E-state index in [-0.39, 0.29) is 0 Å². The van der Waals surface area contributed by atoms with Gasteiger partial charge in [0, 0.05) is 0 Å². The molecule has 0 aromatic carbocycles. The quantitative estimate of drug-likeness (QED) is 0.781. The number of urea groups is 1. The number of hydrogen-bond acceptors (Lipinski definition) is 3. The van der Waals surface area contributed by atoms with Crippen molar-refractivity contribution in [3.63, 3.8) is 0 Å². The van der Waals surface area contributed by atoms with E-state index in [2.05, 4.69) is 5.32 Å². The molecule has 1 rings (SSSR count). The summed E-state index contributed by atoms with van der Waals surface area (Å²) in [6.45, 7) is 8.97. The van der Waals surface area contributed by atoms with Gasteiger partial charge in [-0.25, -0.2) is 4.79 Å². The third kappa shape index (κ3) is 1.91. The van der Waals surface area contributed by atoms with Gasteiger partial charge in [-0.15, -0.1) is 0 Å². The van der Waals surface area contributed by atoms with Crippen LogP contribution in [0.15, 0.2) is 0 Å². The highest BCUT2D eigenvalue weighted by Gasteiger charge is 2.52. The number of hydrogen-bond donors (Lipinski definition) is 1. The predicted molar refractivity (Wildman–Crippen MR) is 67.8 cm³/mol. The molecule has 0 unspecified atom stereocenters. The van der Waals surface area contributed by atoms with Gasteiger partial charge in [-0.2, -0.15) is 0 Å². The fourth-order valence-electron chi connectivity index (χ4n) is 2.43. The Morgan fingerprint density at radius 2 is 1.50 bits per heavy atom. The van der Waals surface area contributed by atoms with Crippen LogP contribution in [0, 0.1) is 5.41 Å². The van der Waals surface area contributed by atoms with Crippen LogP contribution in [0.25, 0.3) is 0 Å². The minimum atomic E-state index is -1.18. The van der Waals surface area contributed by atoms with Crippen LogP contribution in [0.4, 0.5) is 4.79 Å². The average Bonchev–Trinajstić information content (AvgIpc) is 2.33. The number of imide groups is 2. The number of carbonyl (C=O) groups is 3. The predicted octanol–water partition coefficient (Wildman–Crippen LogP) is 2.06. The molecule has 0 atom stereocenters. The Bertz CT molecular complexity index is 375. The summed E-state index contributed by atoms with van der Waals surface area (Å²) >= 11 is 0. The van der Waals surface area contributed by atoms with Crippen molar-refractivity contribution < 1.29 is 14.4 Å². The third-order valence-corrected chi connectivity index (χ3v) is 4.18. The van der Waals surface area contributed by atoms with Crippen LogP contribution in [-0.4, -0.2) is 28.3 Å². The number of amides is 4. The van der Waals surface area contributed by atoms with E-state index >= 15 is 0 Å². The molecule has 0 aliphatic carbocycles. The molecule has 0 radical (unpaired) electrons. The van der Waals surface area contributed by atoms with E-state index < -0.39 is 28.8 Å². The number of barbiturate groups is 1. The Labute approximate surface area is 108 Å². The van der Waals surface area contributed by atoms with Crippen LogP contribution in [0.5, 0.6) is 0 Å². The zero-order chi connectivity index (χ0) is 14.1. The first-order valence-electron chi connectivity index (χ1n) is 6.47. The average molecular weight is 254 g/mol. The Balaban J connectivity index is 3.26. The van der Waals surface area contributed by atoms with Gasteiger partial charge in [-0.3, -0.25) is 19.8 Å². The summed E-state index contributed by atoms with van der Waals surface area (Å²) in [6.07, 6.45) is 2.05. The van der Waals surface area contributed by atoms with E-state index in [1.54, 1.807) is 13.8 Å². The van der Waals surface area contributed by atoms with Crippen molar-refractivity contribution in [2.24, 2.45) is 5.41 Å². The lowest BCUT2D eigenvalue weighted by molar-refractivity contribution is -0.153. The van der Waals surface area contributed by atoms with Crippen molar-refractivity contribution >= 4 is 17.8 Å². The van der Waals surface area contributed by atoms with Gasteiger partial charge in [0.2, 0.25) is 11.8 Å². The molecule has 0 spiro atoms. The fraction of sp³-hybridized carbons (Fsp3) is 0.769. The zero-order valence-corrected chi connectivity index (χ0v) is 11.8. The van der Waals surface area contributed by atoms with Gasteiger partial charge in [0.05, 0.1) is 5.54 Å². The van der Waals surface area contributed by atoms with Crippen molar-refractivity contribution in [2.45, 2.75) is 59.4 Å². The highest BCUT2D eigenvalue weighted by atomic mass is 16.2. The molecule has 1 aliphatic rings. The second-order valence-electron chi connectivity index (χ2n) is 5.31. The maximum atomic E-state index is 12.4. The largest absolute Gasteiger partial charge is 0.331 e. The van der Waals surface area contributed by atoms with Gasteiger partial charge in [0.15, 0.2) is 0 Å². The standard InChI is InChI=1S/C13H22N2O3/c1-6-13(7-2,8-3)15-10(17)12(4,5)9(16)14-11(15)18/h6-8H2,1-5H3,(H,14,16,18). The summed E-state index contributed by atoms with van der Waals surface area (Å²) in [6, 6.07) is -0.588. The molecule has 0 aromatic heterocycles. The van der Waals surface area contributed by atoms with E-state index in [4.69, 9.17) is 0 Å². The van der Waals surface area contributed by atoms with Gasteiger partial charge in [0.25, 0.3) is 0 Å². The smallest absolute Gasteiger partial charge is 0.277 e. The Morgan fingerprint density at radius 1 is 1.06 bits per heavy atom. The molecule has 0 aromatic rings.